The summed E-state index contributed by atoms with van der Waals surface area (Å²) in [4.78, 5) is 12.1. The van der Waals surface area contributed by atoms with Crippen LogP contribution in [0, 0.1) is 0 Å². The average Bonchev–Trinajstić information content (AvgIpc) is 2.45. The number of benzene rings is 2. The van der Waals surface area contributed by atoms with Gasteiger partial charge >= 0.3 is 5.97 Å². The number of carbonyl (C=O) groups is 1. The van der Waals surface area contributed by atoms with Crippen molar-refractivity contribution in [1.29, 1.82) is 0 Å². The molecular weight excluding hydrogens is 319 g/mol. The van der Waals surface area contributed by atoms with Crippen molar-refractivity contribution in [3.05, 3.63) is 71.8 Å². The zero-order chi connectivity index (χ0) is 14.6. The van der Waals surface area contributed by atoms with Gasteiger partial charge in [0.15, 0.2) is 6.10 Å². The fraction of sp³-hybridized carbons (Fsp3) is 0.133. The minimum atomic E-state index is -1.74. The summed E-state index contributed by atoms with van der Waals surface area (Å²) in [6.07, 6.45) is -0.971. The molecule has 0 heterocycles. The Balaban J connectivity index is 2.24. The van der Waals surface area contributed by atoms with Gasteiger partial charge in [-0.3, -0.25) is 0 Å². The van der Waals surface area contributed by atoms with E-state index in [1.54, 1.807) is 54.6 Å². The lowest BCUT2D eigenvalue weighted by molar-refractivity contribution is 0.0304. The largest absolute Gasteiger partial charge is 0.449 e. The van der Waals surface area contributed by atoms with Crippen molar-refractivity contribution in [3.63, 3.8) is 0 Å². The van der Waals surface area contributed by atoms with Crippen molar-refractivity contribution < 1.29 is 9.53 Å². The summed E-state index contributed by atoms with van der Waals surface area (Å²) in [5.41, 5.74) is 1.03. The van der Waals surface area contributed by atoms with Gasteiger partial charge in [0, 0.05) is 0 Å². The number of carbonyl (C=O) groups excluding carboxylic acids is 1. The van der Waals surface area contributed by atoms with E-state index in [4.69, 9.17) is 39.5 Å². The van der Waals surface area contributed by atoms with Crippen LogP contribution in [0.1, 0.15) is 22.0 Å². The van der Waals surface area contributed by atoms with E-state index in [-0.39, 0.29) is 0 Å². The van der Waals surface area contributed by atoms with E-state index in [1.807, 2.05) is 6.07 Å². The van der Waals surface area contributed by atoms with Crippen molar-refractivity contribution in [3.8, 4) is 0 Å². The fourth-order valence-electron chi connectivity index (χ4n) is 1.70. The smallest absolute Gasteiger partial charge is 0.338 e. The lowest BCUT2D eigenvalue weighted by atomic mass is 10.1. The van der Waals surface area contributed by atoms with E-state index in [1.165, 1.54) is 0 Å². The zero-order valence-electron chi connectivity index (χ0n) is 10.3. The molecule has 0 saturated heterocycles. The van der Waals surface area contributed by atoms with Crippen LogP contribution in [0.5, 0.6) is 0 Å². The Kier molecular flexibility index (Phi) is 4.92. The molecule has 2 rings (SSSR count). The van der Waals surface area contributed by atoms with Crippen LogP contribution < -0.4 is 0 Å². The lowest BCUT2D eigenvalue weighted by Gasteiger charge is -2.24. The van der Waals surface area contributed by atoms with Crippen molar-refractivity contribution in [2.24, 2.45) is 0 Å². The molecule has 0 fully saturated rings. The summed E-state index contributed by atoms with van der Waals surface area (Å²) < 4.78 is 3.61. The molecule has 0 bridgehead atoms. The molecule has 0 amide bonds. The first kappa shape index (κ1) is 15.2. The van der Waals surface area contributed by atoms with Crippen LogP contribution in [0.2, 0.25) is 0 Å². The number of hydrogen-bond donors (Lipinski definition) is 0. The van der Waals surface area contributed by atoms with Gasteiger partial charge in [0.25, 0.3) is 0 Å². The van der Waals surface area contributed by atoms with Crippen molar-refractivity contribution >= 4 is 40.8 Å². The number of alkyl halides is 3. The van der Waals surface area contributed by atoms with Crippen LogP contribution in [0.25, 0.3) is 0 Å². The molecule has 0 N–H and O–H groups in total. The van der Waals surface area contributed by atoms with Crippen LogP contribution in [-0.4, -0.2) is 9.76 Å². The van der Waals surface area contributed by atoms with Gasteiger partial charge in [-0.2, -0.15) is 0 Å². The van der Waals surface area contributed by atoms with Crippen LogP contribution in [0.4, 0.5) is 0 Å². The molecule has 0 aliphatic carbocycles. The molecule has 20 heavy (non-hydrogen) atoms. The average molecular weight is 330 g/mol. The summed E-state index contributed by atoms with van der Waals surface area (Å²) >= 11 is 17.8. The van der Waals surface area contributed by atoms with Gasteiger partial charge in [-0.25, -0.2) is 4.79 Å². The molecule has 0 spiro atoms. The minimum Gasteiger partial charge on any atom is -0.449 e. The molecule has 0 aliphatic heterocycles. The van der Waals surface area contributed by atoms with Crippen LogP contribution in [0.15, 0.2) is 60.7 Å². The molecule has 2 aromatic carbocycles. The summed E-state index contributed by atoms with van der Waals surface area (Å²) in [5.74, 6) is -0.536. The normalized spacial score (nSPS) is 12.8. The SMILES string of the molecule is O=C(O[C@@H](c1ccccc1)C(Cl)(Cl)Cl)c1ccccc1. The van der Waals surface area contributed by atoms with Gasteiger partial charge in [-0.15, -0.1) is 0 Å². The highest BCUT2D eigenvalue weighted by molar-refractivity contribution is 6.68. The number of ether oxygens (including phenoxy) is 1. The topological polar surface area (TPSA) is 26.3 Å². The Bertz CT molecular complexity index is 565. The number of hydrogen-bond acceptors (Lipinski definition) is 2. The maximum absolute atomic E-state index is 12.1. The fourth-order valence-corrected chi connectivity index (χ4v) is 2.21. The molecule has 1 atom stereocenters. The van der Waals surface area contributed by atoms with Crippen LogP contribution in [0.3, 0.4) is 0 Å². The predicted octanol–water partition coefficient (Wildman–Crippen LogP) is 4.95. The summed E-state index contributed by atoms with van der Waals surface area (Å²) in [5, 5.41) is 0. The van der Waals surface area contributed by atoms with Gasteiger partial charge in [0.2, 0.25) is 3.79 Å². The first-order valence-electron chi connectivity index (χ1n) is 5.86. The molecule has 2 aromatic rings. The number of halogens is 3. The highest BCUT2D eigenvalue weighted by Gasteiger charge is 2.37. The maximum atomic E-state index is 12.1. The molecule has 2 nitrogen and oxygen atoms in total. The van der Waals surface area contributed by atoms with Gasteiger partial charge in [-0.05, 0) is 17.7 Å². The monoisotopic (exact) mass is 328 g/mol. The second kappa shape index (κ2) is 6.49. The van der Waals surface area contributed by atoms with Crippen molar-refractivity contribution in [1.82, 2.24) is 0 Å². The minimum absolute atomic E-state index is 0.405. The van der Waals surface area contributed by atoms with E-state index in [2.05, 4.69) is 0 Å². The van der Waals surface area contributed by atoms with E-state index in [9.17, 15) is 4.79 Å². The second-order valence-electron chi connectivity index (χ2n) is 4.10. The molecule has 5 heteroatoms. The highest BCUT2D eigenvalue weighted by atomic mass is 35.6. The first-order chi connectivity index (χ1) is 9.48. The standard InChI is InChI=1S/C15H11Cl3O2/c16-15(17,18)13(11-7-3-1-4-8-11)20-14(19)12-9-5-2-6-10-12/h1-10,13H/t13-/m0/s1. The lowest BCUT2D eigenvalue weighted by Crippen LogP contribution is -2.23. The van der Waals surface area contributed by atoms with E-state index < -0.39 is 15.9 Å². The predicted molar refractivity (Wildman–Crippen MR) is 81.3 cm³/mol. The van der Waals surface area contributed by atoms with Crippen molar-refractivity contribution in [2.45, 2.75) is 9.90 Å². The van der Waals surface area contributed by atoms with E-state index in [0.29, 0.717) is 11.1 Å². The Labute approximate surface area is 132 Å². The van der Waals surface area contributed by atoms with Crippen molar-refractivity contribution in [2.75, 3.05) is 0 Å². The Morgan fingerprint density at radius 1 is 0.900 bits per heavy atom. The number of esters is 1. The molecule has 0 aromatic heterocycles. The zero-order valence-corrected chi connectivity index (χ0v) is 12.6. The molecule has 0 unspecified atom stereocenters. The third kappa shape index (κ3) is 3.89. The first-order valence-corrected chi connectivity index (χ1v) is 6.99. The third-order valence-corrected chi connectivity index (χ3v) is 3.23. The van der Waals surface area contributed by atoms with E-state index in [0.717, 1.165) is 0 Å². The Morgan fingerprint density at radius 2 is 1.40 bits per heavy atom. The Hall–Kier alpha value is -1.22. The van der Waals surface area contributed by atoms with E-state index >= 15 is 0 Å². The van der Waals surface area contributed by atoms with Crippen LogP contribution in [-0.2, 0) is 4.74 Å². The van der Waals surface area contributed by atoms with Crippen LogP contribution >= 0.6 is 34.8 Å². The summed E-state index contributed by atoms with van der Waals surface area (Å²) in [7, 11) is 0. The quantitative estimate of drug-likeness (QED) is 0.588. The number of rotatable bonds is 3. The van der Waals surface area contributed by atoms with Gasteiger partial charge < -0.3 is 4.74 Å². The molecule has 104 valence electrons. The summed E-state index contributed by atoms with van der Waals surface area (Å²) in [6, 6.07) is 17.5. The maximum Gasteiger partial charge on any atom is 0.338 e. The Morgan fingerprint density at radius 3 is 1.90 bits per heavy atom. The van der Waals surface area contributed by atoms with Gasteiger partial charge in [0.05, 0.1) is 5.56 Å². The molecule has 0 radical (unpaired) electrons. The molecular formula is C15H11Cl3O2. The third-order valence-electron chi connectivity index (χ3n) is 2.63. The summed E-state index contributed by atoms with van der Waals surface area (Å²) in [6.45, 7) is 0. The van der Waals surface area contributed by atoms with Gasteiger partial charge in [-0.1, -0.05) is 83.3 Å². The second-order valence-corrected chi connectivity index (χ2v) is 6.47. The molecule has 0 saturated carbocycles. The molecule has 0 aliphatic rings. The van der Waals surface area contributed by atoms with Gasteiger partial charge in [0.1, 0.15) is 0 Å². The highest BCUT2D eigenvalue weighted by Crippen LogP contribution is 2.42.